The highest BCUT2D eigenvalue weighted by Crippen LogP contribution is 2.40. The Morgan fingerprint density at radius 3 is 2.97 bits per heavy atom. The lowest BCUT2D eigenvalue weighted by Gasteiger charge is -2.50. The molecular weight excluding hydrogens is 538 g/mol. The molecule has 17 heteroatoms. The van der Waals surface area contributed by atoms with Gasteiger partial charge in [0.25, 0.3) is 11.8 Å². The van der Waals surface area contributed by atoms with Crippen LogP contribution in [-0.4, -0.2) is 72.1 Å². The molecule has 0 unspecified atom stereocenters. The lowest BCUT2D eigenvalue weighted by Crippen LogP contribution is -2.71. The second-order valence-corrected chi connectivity index (χ2v) is 10.2. The number of rotatable bonds is 9. The van der Waals surface area contributed by atoms with Gasteiger partial charge in [0.2, 0.25) is 17.4 Å². The Hall–Kier alpha value is -4.25. The number of nitrogen functional groups attached to an aromatic ring is 1. The Morgan fingerprint density at radius 2 is 2.26 bits per heavy atom. The zero-order valence-electron chi connectivity index (χ0n) is 19.7. The number of carbonyl (C=O) groups excluding carboxylic acids is 4. The minimum Gasteiger partial charge on any atom is -0.543 e. The second kappa shape index (κ2) is 10.3. The van der Waals surface area contributed by atoms with Crippen LogP contribution < -0.4 is 26.2 Å². The number of aliphatic carboxylic acids is 1. The van der Waals surface area contributed by atoms with Crippen molar-refractivity contribution >= 4 is 63.6 Å². The predicted molar refractivity (Wildman–Crippen MR) is 132 cm³/mol. The van der Waals surface area contributed by atoms with Crippen molar-refractivity contribution in [3.8, 4) is 0 Å². The highest BCUT2D eigenvalue weighted by molar-refractivity contribution is 8.00. The summed E-state index contributed by atoms with van der Waals surface area (Å²) >= 11 is 2.16. The van der Waals surface area contributed by atoms with Gasteiger partial charge < -0.3 is 31.1 Å². The fourth-order valence-electron chi connectivity index (χ4n) is 4.24. The Morgan fingerprint density at radius 1 is 1.45 bits per heavy atom. The molecule has 4 N–H and O–H groups in total. The van der Waals surface area contributed by atoms with Crippen molar-refractivity contribution in [1.82, 2.24) is 24.3 Å². The molecule has 0 aliphatic carbocycles. The first kappa shape index (κ1) is 25.4. The van der Waals surface area contributed by atoms with E-state index in [4.69, 9.17) is 10.6 Å². The Bertz CT molecular complexity index is 1410. The Kier molecular flexibility index (Phi) is 6.85. The number of hydrogen-bond donors (Lipinski definition) is 3. The number of amides is 3. The van der Waals surface area contributed by atoms with Crippen molar-refractivity contribution in [3.63, 3.8) is 0 Å². The van der Waals surface area contributed by atoms with Gasteiger partial charge in [0.05, 0.1) is 30.7 Å². The Labute approximate surface area is 223 Å². The number of hydrogen-bond acceptors (Lipinski definition) is 12. The van der Waals surface area contributed by atoms with E-state index in [0.29, 0.717) is 24.4 Å². The van der Waals surface area contributed by atoms with Crippen LogP contribution in [0.1, 0.15) is 12.2 Å². The molecule has 1 fully saturated rings. The van der Waals surface area contributed by atoms with Crippen molar-refractivity contribution < 1.29 is 33.8 Å². The summed E-state index contributed by atoms with van der Waals surface area (Å²) in [7, 11) is 0. The normalized spacial score (nSPS) is 20.7. The summed E-state index contributed by atoms with van der Waals surface area (Å²) in [5.74, 6) is -2.18. The molecule has 2 atom stereocenters. The molecule has 5 heterocycles. The first-order valence-electron chi connectivity index (χ1n) is 11.3. The van der Waals surface area contributed by atoms with Crippen LogP contribution in [0.4, 0.5) is 10.9 Å². The van der Waals surface area contributed by atoms with E-state index in [0.717, 1.165) is 16.4 Å². The minimum atomic E-state index is -1.50. The molecule has 0 spiro atoms. The van der Waals surface area contributed by atoms with Gasteiger partial charge in [0, 0.05) is 22.9 Å². The number of β-lactam (4-membered cyclic amide) rings is 1. The number of nitrogens with one attached hydrogen (secondary N) is 2. The third-order valence-corrected chi connectivity index (χ3v) is 7.79. The first-order valence-corrected chi connectivity index (χ1v) is 13.1. The van der Waals surface area contributed by atoms with Crippen LogP contribution in [0.2, 0.25) is 0 Å². The number of thioether (sulfide) groups is 1. The smallest absolute Gasteiger partial charge is 0.278 e. The Balaban J connectivity index is 1.34. The van der Waals surface area contributed by atoms with Gasteiger partial charge in [-0.15, -0.1) is 21.1 Å². The third kappa shape index (κ3) is 4.60. The summed E-state index contributed by atoms with van der Waals surface area (Å²) in [5, 5.41) is 20.7. The largest absolute Gasteiger partial charge is 0.543 e. The predicted octanol–water partition coefficient (Wildman–Crippen LogP) is -2.44. The van der Waals surface area contributed by atoms with E-state index < -0.39 is 29.2 Å². The average Bonchev–Trinajstić information content (AvgIpc) is 3.50. The number of carboxylic acids is 1. The number of aromatic nitrogens is 4. The molecule has 3 aliphatic heterocycles. The van der Waals surface area contributed by atoms with E-state index in [1.165, 1.54) is 17.8 Å². The molecule has 5 rings (SSSR count). The third-order valence-electron chi connectivity index (χ3n) is 5.91. The van der Waals surface area contributed by atoms with Crippen LogP contribution in [0.5, 0.6) is 0 Å². The molecular formula is C21H21N9O6S2. The first-order chi connectivity index (χ1) is 18.3. The summed E-state index contributed by atoms with van der Waals surface area (Å²) in [6.45, 7) is 4.14. The van der Waals surface area contributed by atoms with Crippen LogP contribution >= 0.6 is 23.3 Å². The monoisotopic (exact) mass is 559 g/mol. The van der Waals surface area contributed by atoms with E-state index in [1.807, 2.05) is 4.68 Å². The van der Waals surface area contributed by atoms with Crippen LogP contribution in [-0.2, 0) is 37.1 Å². The maximum Gasteiger partial charge on any atom is 0.278 e. The SMILES string of the molecule is C=CCON=C(C(=O)N[C@@H]1C(=O)N2C(C(=O)[O-])=C(C[n+]3ccc4n3CCC(=O)N4)CS[C@H]12)c1nsc(N)n1. The van der Waals surface area contributed by atoms with Crippen molar-refractivity contribution in [1.29, 1.82) is 0 Å². The zero-order valence-corrected chi connectivity index (χ0v) is 21.3. The van der Waals surface area contributed by atoms with Crippen molar-refractivity contribution in [2.24, 2.45) is 5.16 Å². The topological polar surface area (TPSA) is 201 Å². The van der Waals surface area contributed by atoms with Gasteiger partial charge in [-0.3, -0.25) is 19.3 Å². The zero-order chi connectivity index (χ0) is 27.0. The number of anilines is 2. The molecule has 0 aromatic carbocycles. The van der Waals surface area contributed by atoms with E-state index in [9.17, 15) is 24.3 Å². The van der Waals surface area contributed by atoms with Gasteiger partial charge in [-0.2, -0.15) is 9.36 Å². The van der Waals surface area contributed by atoms with Crippen molar-refractivity contribution in [3.05, 3.63) is 42.0 Å². The molecule has 1 saturated heterocycles. The second-order valence-electron chi connectivity index (χ2n) is 8.30. The summed E-state index contributed by atoms with van der Waals surface area (Å²) < 4.78 is 7.57. The molecule has 0 bridgehead atoms. The van der Waals surface area contributed by atoms with Gasteiger partial charge in [0.1, 0.15) is 18.0 Å². The van der Waals surface area contributed by atoms with Gasteiger partial charge in [-0.05, 0) is 0 Å². The molecule has 0 saturated carbocycles. The molecule has 3 amide bonds. The van der Waals surface area contributed by atoms with Crippen LogP contribution in [0.15, 0.2) is 41.3 Å². The minimum absolute atomic E-state index is 0.0167. The average molecular weight is 560 g/mol. The summed E-state index contributed by atoms with van der Waals surface area (Å²) in [6.07, 6.45) is 3.45. The molecule has 3 aliphatic rings. The van der Waals surface area contributed by atoms with E-state index >= 15 is 0 Å². The molecule has 15 nitrogen and oxygen atoms in total. The van der Waals surface area contributed by atoms with Gasteiger partial charge in [-0.25, -0.2) is 0 Å². The number of carbonyl (C=O) groups is 4. The fraction of sp³-hybridized carbons (Fsp3) is 0.333. The number of nitrogens with two attached hydrogens (primary N) is 1. The van der Waals surface area contributed by atoms with Crippen molar-refractivity contribution in [2.45, 2.75) is 30.9 Å². The standard InChI is InChI=1S/C21H21N9O6S2/c1-2-7-36-26-13(16-25-21(22)38-27-16)17(32)24-14-18(33)30-15(20(34)35)10(9-37-19(14)30)8-28-5-3-11-23-12(31)4-6-29(11)28/h2-3,5,14,19H,1,4,6-9H2,(H4,22,24,25,27,32,34,35)/t14-,19-/m1/s1. The van der Waals surface area contributed by atoms with Gasteiger partial charge >= 0.3 is 0 Å². The summed E-state index contributed by atoms with van der Waals surface area (Å²) in [5.41, 5.74) is 5.56. The van der Waals surface area contributed by atoms with Gasteiger partial charge in [-0.1, -0.05) is 17.8 Å². The van der Waals surface area contributed by atoms with Crippen molar-refractivity contribution in [2.75, 3.05) is 23.4 Å². The van der Waals surface area contributed by atoms with Crippen LogP contribution in [0, 0.1) is 0 Å². The number of carboxylic acid groups (broad SMARTS) is 1. The summed E-state index contributed by atoms with van der Waals surface area (Å²) in [4.78, 5) is 59.9. The maximum absolute atomic E-state index is 13.1. The molecule has 198 valence electrons. The van der Waals surface area contributed by atoms with E-state index in [1.54, 1.807) is 16.9 Å². The number of nitrogens with zero attached hydrogens (tertiary/aromatic N) is 6. The van der Waals surface area contributed by atoms with Crippen LogP contribution in [0.3, 0.4) is 0 Å². The maximum atomic E-state index is 13.1. The fourth-order valence-corrected chi connectivity index (χ4v) is 6.01. The van der Waals surface area contributed by atoms with E-state index in [-0.39, 0.29) is 47.2 Å². The van der Waals surface area contributed by atoms with E-state index in [2.05, 4.69) is 31.7 Å². The molecule has 2 aromatic heterocycles. The summed E-state index contributed by atoms with van der Waals surface area (Å²) in [6, 6.07) is 0.700. The highest BCUT2D eigenvalue weighted by atomic mass is 32.2. The molecule has 2 aromatic rings. The molecule has 38 heavy (non-hydrogen) atoms. The lowest BCUT2D eigenvalue weighted by atomic mass is 10.0. The molecule has 0 radical (unpaired) electrons. The quantitative estimate of drug-likeness (QED) is 0.0740. The highest BCUT2D eigenvalue weighted by Gasteiger charge is 2.53. The number of fused-ring (bicyclic) bond motifs is 2. The number of oxime groups is 1. The van der Waals surface area contributed by atoms with Gasteiger partial charge in [0.15, 0.2) is 23.7 Å². The van der Waals surface area contributed by atoms with Crippen LogP contribution in [0.25, 0.3) is 0 Å². The lowest BCUT2D eigenvalue weighted by molar-refractivity contribution is -0.767.